The Morgan fingerprint density at radius 3 is 3.05 bits per heavy atom. The second-order valence-corrected chi connectivity index (χ2v) is 4.48. The van der Waals surface area contributed by atoms with Crippen molar-refractivity contribution in [2.24, 2.45) is 0 Å². The number of aliphatic hydroxyl groups is 2. The zero-order chi connectivity index (χ0) is 13.6. The number of imidazole rings is 1. The van der Waals surface area contributed by atoms with E-state index in [1.807, 2.05) is 0 Å². The van der Waals surface area contributed by atoms with Crippen LogP contribution in [0.1, 0.15) is 12.6 Å². The fraction of sp³-hybridized carbons (Fsp3) is 0.500. The van der Waals surface area contributed by atoms with Crippen molar-refractivity contribution in [3.8, 4) is 0 Å². The first kappa shape index (κ1) is 12.3. The first-order valence-corrected chi connectivity index (χ1v) is 5.84. The first-order chi connectivity index (χ1) is 9.11. The molecule has 0 aromatic carbocycles. The lowest BCUT2D eigenvalue weighted by molar-refractivity contribution is -0.507. The van der Waals surface area contributed by atoms with Gasteiger partial charge in [0.15, 0.2) is 5.52 Å². The van der Waals surface area contributed by atoms with Crippen LogP contribution in [0.15, 0.2) is 12.7 Å². The number of aromatic nitrogens is 4. The Morgan fingerprint density at radius 2 is 2.37 bits per heavy atom. The van der Waals surface area contributed by atoms with Crippen LogP contribution in [-0.2, 0) is 4.74 Å². The molecule has 3 rings (SSSR count). The quantitative estimate of drug-likeness (QED) is 0.533. The molecule has 2 radical (unpaired) electrons. The Labute approximate surface area is 109 Å². The van der Waals surface area contributed by atoms with E-state index >= 15 is 0 Å². The van der Waals surface area contributed by atoms with E-state index in [9.17, 15) is 5.11 Å². The molecule has 0 bridgehead atoms. The highest BCUT2D eigenvalue weighted by Crippen LogP contribution is 2.30. The second-order valence-electron chi connectivity index (χ2n) is 4.48. The molecule has 1 saturated heterocycles. The van der Waals surface area contributed by atoms with Gasteiger partial charge in [0, 0.05) is 6.42 Å². The molecule has 2 aromatic rings. The fourth-order valence-electron chi connectivity index (χ4n) is 2.23. The average molecular weight is 262 g/mol. The van der Waals surface area contributed by atoms with Crippen LogP contribution in [0.3, 0.4) is 0 Å². The average Bonchev–Trinajstić information content (AvgIpc) is 2.97. The van der Waals surface area contributed by atoms with Crippen molar-refractivity contribution in [3.05, 3.63) is 12.7 Å². The molecule has 1 aliphatic rings. The van der Waals surface area contributed by atoms with Gasteiger partial charge in [0.2, 0.25) is 17.8 Å². The van der Waals surface area contributed by atoms with E-state index in [0.717, 1.165) is 0 Å². The summed E-state index contributed by atoms with van der Waals surface area (Å²) in [5.41, 5.74) is 6.79. The molecule has 9 heteroatoms. The predicted molar refractivity (Wildman–Crippen MR) is 64.9 cm³/mol. The highest BCUT2D eigenvalue weighted by atomic mass is 16.5. The van der Waals surface area contributed by atoms with Gasteiger partial charge in [0.05, 0.1) is 12.7 Å². The SMILES string of the molecule is [B][n+]1cnc2c(ncn2[C@H]2C[C@H](O)[C@@H](CO)O2)c1N. The first-order valence-electron chi connectivity index (χ1n) is 5.84. The molecule has 0 aliphatic carbocycles. The molecule has 19 heavy (non-hydrogen) atoms. The number of ether oxygens (including phenoxy) is 1. The van der Waals surface area contributed by atoms with Crippen LogP contribution >= 0.6 is 0 Å². The molecule has 3 heterocycles. The van der Waals surface area contributed by atoms with Crippen molar-refractivity contribution in [2.45, 2.75) is 24.9 Å². The number of fused-ring (bicyclic) bond motifs is 1. The van der Waals surface area contributed by atoms with Gasteiger partial charge >= 0.3 is 7.98 Å². The summed E-state index contributed by atoms with van der Waals surface area (Å²) in [7, 11) is 5.59. The standard InChI is InChI=1S/C10H13BN5O3/c11-16-4-14-10-8(9(16)12)13-3-15(10)7-1-5(18)6(2-17)19-7/h3-7,17-18H,1-2H2,(H2,12,14)/q+1/t5-,6+,7+/m0/s1. The predicted octanol–water partition coefficient (Wildman–Crippen LogP) is -2.13. The lowest BCUT2D eigenvalue weighted by Crippen LogP contribution is -2.35. The molecule has 2 aromatic heterocycles. The summed E-state index contributed by atoms with van der Waals surface area (Å²) in [5, 5.41) is 18.8. The summed E-state index contributed by atoms with van der Waals surface area (Å²) in [6, 6.07) is 0. The Hall–Kier alpha value is -1.71. The Bertz CT molecular complexity index is 618. The van der Waals surface area contributed by atoms with Gasteiger partial charge in [-0.1, -0.05) is 4.98 Å². The molecule has 8 nitrogen and oxygen atoms in total. The van der Waals surface area contributed by atoms with Gasteiger partial charge in [-0.05, 0) is 0 Å². The minimum atomic E-state index is -0.715. The Balaban J connectivity index is 2.01. The van der Waals surface area contributed by atoms with Crippen LogP contribution in [0.5, 0.6) is 0 Å². The lowest BCUT2D eigenvalue weighted by atomic mass is 10.2. The summed E-state index contributed by atoms with van der Waals surface area (Å²) < 4.78 is 8.40. The monoisotopic (exact) mass is 262 g/mol. The molecule has 0 amide bonds. The number of hydrogen-bond acceptors (Lipinski definition) is 6. The van der Waals surface area contributed by atoms with E-state index in [2.05, 4.69) is 9.97 Å². The van der Waals surface area contributed by atoms with Crippen LogP contribution in [0.25, 0.3) is 11.2 Å². The van der Waals surface area contributed by atoms with Crippen molar-refractivity contribution in [1.29, 1.82) is 0 Å². The molecule has 1 fully saturated rings. The van der Waals surface area contributed by atoms with Crippen LogP contribution in [-0.4, -0.2) is 51.5 Å². The number of nitrogens with two attached hydrogens (primary N) is 1. The third kappa shape index (κ3) is 1.86. The van der Waals surface area contributed by atoms with Crippen molar-refractivity contribution < 1.29 is 19.4 Å². The van der Waals surface area contributed by atoms with E-state index in [1.54, 1.807) is 4.57 Å². The zero-order valence-corrected chi connectivity index (χ0v) is 10.0. The third-order valence-corrected chi connectivity index (χ3v) is 3.29. The summed E-state index contributed by atoms with van der Waals surface area (Å²) in [4.78, 5) is 8.31. The van der Waals surface area contributed by atoms with Crippen molar-refractivity contribution >= 4 is 25.0 Å². The van der Waals surface area contributed by atoms with Crippen molar-refractivity contribution in [2.75, 3.05) is 12.3 Å². The number of anilines is 1. The number of nitrogens with zero attached hydrogens (tertiary/aromatic N) is 4. The number of aliphatic hydroxyl groups excluding tert-OH is 2. The molecule has 98 valence electrons. The topological polar surface area (TPSA) is 110 Å². The van der Waals surface area contributed by atoms with Crippen molar-refractivity contribution in [1.82, 2.24) is 14.5 Å². The molecule has 0 spiro atoms. The van der Waals surface area contributed by atoms with Gasteiger partial charge in [-0.2, -0.15) is 0 Å². The second kappa shape index (κ2) is 4.44. The number of nitrogen functional groups attached to an aromatic ring is 1. The molecule has 0 saturated carbocycles. The van der Waals surface area contributed by atoms with Gasteiger partial charge in [-0.15, -0.1) is 0 Å². The van der Waals surface area contributed by atoms with E-state index in [-0.39, 0.29) is 6.61 Å². The molecule has 0 unspecified atom stereocenters. The van der Waals surface area contributed by atoms with E-state index in [4.69, 9.17) is 23.6 Å². The van der Waals surface area contributed by atoms with Crippen LogP contribution in [0.4, 0.5) is 5.82 Å². The Morgan fingerprint density at radius 1 is 1.58 bits per heavy atom. The van der Waals surface area contributed by atoms with E-state index in [0.29, 0.717) is 23.4 Å². The maximum atomic E-state index is 9.74. The van der Waals surface area contributed by atoms with E-state index in [1.165, 1.54) is 17.1 Å². The van der Waals surface area contributed by atoms with Gasteiger partial charge in [-0.3, -0.25) is 4.57 Å². The summed E-state index contributed by atoms with van der Waals surface area (Å²) in [5.74, 6) is 0.293. The summed E-state index contributed by atoms with van der Waals surface area (Å²) >= 11 is 0. The largest absolute Gasteiger partial charge is 0.394 e. The third-order valence-electron chi connectivity index (χ3n) is 3.29. The molecular formula is C10H13BN5O3+. The minimum Gasteiger partial charge on any atom is -0.394 e. The van der Waals surface area contributed by atoms with Crippen LogP contribution in [0, 0.1) is 0 Å². The van der Waals surface area contributed by atoms with Gasteiger partial charge in [0.1, 0.15) is 18.7 Å². The van der Waals surface area contributed by atoms with Gasteiger partial charge < -0.3 is 25.2 Å². The number of rotatable bonds is 2. The smallest absolute Gasteiger partial charge is 0.354 e. The molecule has 3 atom stereocenters. The molecular weight excluding hydrogens is 249 g/mol. The molecule has 1 aliphatic heterocycles. The Kier molecular flexibility index (Phi) is 2.88. The minimum absolute atomic E-state index is 0.233. The van der Waals surface area contributed by atoms with Gasteiger partial charge in [-0.25, -0.2) is 4.98 Å². The van der Waals surface area contributed by atoms with Gasteiger partial charge in [0.25, 0.3) is 0 Å². The summed E-state index contributed by atoms with van der Waals surface area (Å²) in [6.07, 6.45) is 1.53. The lowest BCUT2D eigenvalue weighted by Gasteiger charge is -2.12. The van der Waals surface area contributed by atoms with E-state index < -0.39 is 18.4 Å². The highest BCUT2D eigenvalue weighted by Gasteiger charge is 2.35. The fourth-order valence-corrected chi connectivity index (χ4v) is 2.23. The maximum absolute atomic E-state index is 9.74. The normalized spacial score (nSPS) is 27.2. The molecule has 4 N–H and O–H groups in total. The summed E-state index contributed by atoms with van der Waals surface area (Å²) in [6.45, 7) is -0.233. The maximum Gasteiger partial charge on any atom is 0.354 e. The van der Waals surface area contributed by atoms with Crippen LogP contribution < -0.4 is 10.2 Å². The highest BCUT2D eigenvalue weighted by molar-refractivity contribution is 5.97. The van der Waals surface area contributed by atoms with Crippen molar-refractivity contribution in [3.63, 3.8) is 0 Å². The number of hydrogen-bond donors (Lipinski definition) is 3. The van der Waals surface area contributed by atoms with Crippen LogP contribution in [0.2, 0.25) is 0 Å². The zero-order valence-electron chi connectivity index (χ0n) is 10.0.